The van der Waals surface area contributed by atoms with Gasteiger partial charge in [0.05, 0.1) is 0 Å². The van der Waals surface area contributed by atoms with Gasteiger partial charge in [0.2, 0.25) is 17.7 Å². The molecule has 14 nitrogen and oxygen atoms in total. The first kappa shape index (κ1) is 42.2. The van der Waals surface area contributed by atoms with Crippen molar-refractivity contribution in [2.75, 3.05) is 19.6 Å². The molecule has 324 valence electrons. The van der Waals surface area contributed by atoms with Gasteiger partial charge in [-0.1, -0.05) is 52.2 Å². The van der Waals surface area contributed by atoms with Crippen LogP contribution in [0.2, 0.25) is 0 Å². The fourth-order valence-corrected chi connectivity index (χ4v) is 13.2. The molecule has 2 aromatic rings. The summed E-state index contributed by atoms with van der Waals surface area (Å²) in [5.41, 5.74) is -0.341. The van der Waals surface area contributed by atoms with Gasteiger partial charge in [0.1, 0.15) is 23.7 Å². The van der Waals surface area contributed by atoms with E-state index >= 15 is 4.79 Å². The van der Waals surface area contributed by atoms with E-state index in [-0.39, 0.29) is 41.0 Å². The highest BCUT2D eigenvalue weighted by atomic mass is 32.2. The van der Waals surface area contributed by atoms with E-state index in [2.05, 4.69) is 47.7 Å². The third-order valence-corrected chi connectivity index (χ3v) is 17.4. The zero-order valence-corrected chi connectivity index (χ0v) is 36.3. The van der Waals surface area contributed by atoms with E-state index in [1.807, 2.05) is 36.0 Å². The smallest absolute Gasteiger partial charge is 0.303 e. The predicted molar refractivity (Wildman–Crippen MR) is 227 cm³/mol. The van der Waals surface area contributed by atoms with Crippen molar-refractivity contribution in [2.24, 2.45) is 35.1 Å². The van der Waals surface area contributed by atoms with Crippen LogP contribution in [0.25, 0.3) is 10.9 Å². The van der Waals surface area contributed by atoms with Gasteiger partial charge in [-0.2, -0.15) is 12.7 Å². The predicted octanol–water partition coefficient (Wildman–Crippen LogP) is 4.23. The van der Waals surface area contributed by atoms with Crippen molar-refractivity contribution in [3.63, 3.8) is 0 Å². The molecular formula is C45H61N7O7S. The molecule has 0 radical (unpaired) electrons. The summed E-state index contributed by atoms with van der Waals surface area (Å²) in [5, 5.41) is 9.84. The topological polar surface area (TPSA) is 179 Å². The molecule has 4 N–H and O–H groups in total. The number of benzene rings is 1. The minimum absolute atomic E-state index is 0.0449. The first-order chi connectivity index (χ1) is 28.4. The Hall–Kier alpha value is -4.50. The maximum absolute atomic E-state index is 15.0. The quantitative estimate of drug-likeness (QED) is 0.218. The van der Waals surface area contributed by atoms with Gasteiger partial charge >= 0.3 is 10.2 Å². The molecule has 3 heterocycles. The van der Waals surface area contributed by atoms with Crippen molar-refractivity contribution < 1.29 is 32.4 Å². The number of nitrogens with zero attached hydrogens (tertiary/aromatic N) is 3. The van der Waals surface area contributed by atoms with Crippen LogP contribution in [-0.2, 0) is 36.4 Å². The van der Waals surface area contributed by atoms with Crippen LogP contribution in [0.4, 0.5) is 0 Å². The minimum Gasteiger partial charge on any atom is -0.351 e. The van der Waals surface area contributed by atoms with Crippen molar-refractivity contribution in [3.05, 3.63) is 60.8 Å². The SMILES string of the molecule is C=C[C@@H]1C[C@]1(NC(=O)[C@@H]1C[C@@]2(CN1C(=O)[C@@H](NC(=O)[C@@H](NC(=O)c1ccc3c(ccn3C)c1)C1CCCCC1)C(=C)C)C(C)(C)C21CCC1)C(=O)NS(=O)(=O)N1CCCC1. The molecule has 2 saturated heterocycles. The Bertz CT molecular complexity index is 2250. The van der Waals surface area contributed by atoms with Crippen molar-refractivity contribution in [3.8, 4) is 0 Å². The molecule has 1 aromatic heterocycles. The summed E-state index contributed by atoms with van der Waals surface area (Å²) in [6.45, 7) is 14.9. The lowest BCUT2D eigenvalue weighted by atomic mass is 9.73. The summed E-state index contributed by atoms with van der Waals surface area (Å²) in [6, 6.07) is 4.26. The molecule has 6 aliphatic rings. The zero-order chi connectivity index (χ0) is 43.0. The van der Waals surface area contributed by atoms with E-state index in [1.165, 1.54) is 4.31 Å². The van der Waals surface area contributed by atoms with Gasteiger partial charge < -0.3 is 25.4 Å². The van der Waals surface area contributed by atoms with Gasteiger partial charge in [-0.25, -0.2) is 4.72 Å². The van der Waals surface area contributed by atoms with Gasteiger partial charge in [0.15, 0.2) is 0 Å². The lowest BCUT2D eigenvalue weighted by Crippen LogP contribution is -2.60. The fourth-order valence-electron chi connectivity index (χ4n) is 11.9. The summed E-state index contributed by atoms with van der Waals surface area (Å²) < 4.78 is 31.8. The third-order valence-electron chi connectivity index (χ3n) is 15.9. The molecule has 60 heavy (non-hydrogen) atoms. The largest absolute Gasteiger partial charge is 0.351 e. The highest BCUT2D eigenvalue weighted by Crippen LogP contribution is 2.88. The number of fused-ring (bicyclic) bond motifs is 2. The van der Waals surface area contributed by atoms with Crippen molar-refractivity contribution in [1.82, 2.24) is 34.4 Å². The maximum Gasteiger partial charge on any atom is 0.303 e. The van der Waals surface area contributed by atoms with Gasteiger partial charge in [0.25, 0.3) is 11.8 Å². The first-order valence-corrected chi connectivity index (χ1v) is 23.3. The molecule has 4 aliphatic carbocycles. The Morgan fingerprint density at radius 1 is 0.917 bits per heavy atom. The van der Waals surface area contributed by atoms with Crippen LogP contribution in [0, 0.1) is 28.1 Å². The second-order valence-electron chi connectivity index (χ2n) is 19.2. The molecule has 5 amide bonds. The van der Waals surface area contributed by atoms with Crippen molar-refractivity contribution in [2.45, 2.75) is 121 Å². The highest BCUT2D eigenvalue weighted by Gasteiger charge is 2.85. The molecular weight excluding hydrogens is 783 g/mol. The molecule has 8 rings (SSSR count). The van der Waals surface area contributed by atoms with Crippen molar-refractivity contribution >= 4 is 50.6 Å². The Morgan fingerprint density at radius 3 is 2.22 bits per heavy atom. The fraction of sp³-hybridized carbons (Fsp3) is 0.622. The molecule has 15 heteroatoms. The molecule has 1 aromatic carbocycles. The van der Waals surface area contributed by atoms with Crippen LogP contribution < -0.4 is 20.7 Å². The van der Waals surface area contributed by atoms with Crippen molar-refractivity contribution in [1.29, 1.82) is 0 Å². The van der Waals surface area contributed by atoms with E-state index < -0.39 is 63.4 Å². The summed E-state index contributed by atoms with van der Waals surface area (Å²) in [6.07, 6.45) is 12.8. The molecule has 6 atom stereocenters. The Morgan fingerprint density at radius 2 is 1.62 bits per heavy atom. The third kappa shape index (κ3) is 6.69. The number of amides is 5. The lowest BCUT2D eigenvalue weighted by Gasteiger charge is -2.34. The number of carbonyl (C=O) groups excluding carboxylic acids is 5. The highest BCUT2D eigenvalue weighted by molar-refractivity contribution is 7.87. The Balaban J connectivity index is 1.05. The van der Waals surface area contributed by atoms with E-state index in [0.29, 0.717) is 43.5 Å². The monoisotopic (exact) mass is 843 g/mol. The number of likely N-dealkylation sites (tertiary alicyclic amines) is 1. The Kier molecular flexibility index (Phi) is 10.6. The van der Waals surface area contributed by atoms with Gasteiger partial charge in [-0.15, -0.1) is 6.58 Å². The van der Waals surface area contributed by atoms with Gasteiger partial charge in [0, 0.05) is 60.7 Å². The number of hydrogen-bond acceptors (Lipinski definition) is 7. The Labute approximate surface area is 353 Å². The van der Waals surface area contributed by atoms with E-state index in [1.54, 1.807) is 24.0 Å². The summed E-state index contributed by atoms with van der Waals surface area (Å²) in [7, 11) is -2.19. The number of rotatable bonds is 13. The molecule has 4 saturated carbocycles. The van der Waals surface area contributed by atoms with E-state index in [4.69, 9.17) is 0 Å². The van der Waals surface area contributed by atoms with Crippen LogP contribution >= 0.6 is 0 Å². The minimum atomic E-state index is -4.12. The number of aryl methyl sites for hydroxylation is 1. The van der Waals surface area contributed by atoms with Crippen LogP contribution in [0.15, 0.2) is 55.3 Å². The van der Waals surface area contributed by atoms with E-state index in [0.717, 1.165) is 62.3 Å². The van der Waals surface area contributed by atoms with Crippen LogP contribution in [0.5, 0.6) is 0 Å². The standard InChI is InChI=1S/C45H61N7O7S/c1-7-32-25-45(32,41(57)49-60(58,59)51-21-11-12-22-51)48-38(54)34-26-44(42(4,5)43(44)19-13-20-43)27-52(34)40(56)35(28(2)3)46-39(55)36(29-14-9-8-10-15-29)47-37(53)31-16-17-33-30(24-31)18-23-50(33)6/h7,16-18,23-24,29,32,34-36H,1-2,8-15,19-22,25-27H2,3-6H3,(H,46,55)(H,47,53)(H,48,54)(H,49,57)/t32-,34+,35+,36+,44-,45-/m1/s1. The second-order valence-corrected chi connectivity index (χ2v) is 20.9. The zero-order valence-electron chi connectivity index (χ0n) is 35.5. The lowest BCUT2D eigenvalue weighted by molar-refractivity contribution is -0.142. The maximum atomic E-state index is 15.0. The number of carbonyl (C=O) groups is 5. The second kappa shape index (κ2) is 15.1. The van der Waals surface area contributed by atoms with Crippen LogP contribution in [-0.4, -0.2) is 95.0 Å². The summed E-state index contributed by atoms with van der Waals surface area (Å²) in [5.74, 6) is -3.38. The normalized spacial score (nSPS) is 29.0. The average Bonchev–Trinajstić information content (AvgIpc) is 3.58. The van der Waals surface area contributed by atoms with Gasteiger partial charge in [-0.3, -0.25) is 24.0 Å². The summed E-state index contributed by atoms with van der Waals surface area (Å²) >= 11 is 0. The number of aromatic nitrogens is 1. The van der Waals surface area contributed by atoms with Crippen LogP contribution in [0.3, 0.4) is 0 Å². The molecule has 0 unspecified atom stereocenters. The number of hydrogen-bond donors (Lipinski definition) is 4. The average molecular weight is 844 g/mol. The summed E-state index contributed by atoms with van der Waals surface area (Å²) in [4.78, 5) is 73.4. The van der Waals surface area contributed by atoms with Crippen LogP contribution in [0.1, 0.15) is 108 Å². The molecule has 6 fully saturated rings. The van der Waals surface area contributed by atoms with Gasteiger partial charge in [-0.05, 0) is 105 Å². The molecule has 0 bridgehead atoms. The number of nitrogens with one attached hydrogen (secondary N) is 4. The first-order valence-electron chi connectivity index (χ1n) is 21.8. The molecule has 2 spiro atoms. The van der Waals surface area contributed by atoms with E-state index in [9.17, 15) is 27.6 Å². The molecule has 2 aliphatic heterocycles.